The molecule has 30 heavy (non-hydrogen) atoms. The lowest BCUT2D eigenvalue weighted by molar-refractivity contribution is 0.0945. The Morgan fingerprint density at radius 1 is 0.900 bits per heavy atom. The third kappa shape index (κ3) is 9.95. The van der Waals surface area contributed by atoms with Gasteiger partial charge in [0.2, 0.25) is 5.78 Å². The average Bonchev–Trinajstić information content (AvgIpc) is 3.27. The number of hydrogen-bond donors (Lipinski definition) is 0. The van der Waals surface area contributed by atoms with E-state index in [0.29, 0.717) is 17.8 Å². The fourth-order valence-corrected chi connectivity index (χ4v) is 3.42. The molecular formula is C25H37N3O2. The van der Waals surface area contributed by atoms with E-state index in [-0.39, 0.29) is 11.7 Å². The smallest absolute Gasteiger partial charge is 0.263 e. The van der Waals surface area contributed by atoms with Crippen molar-refractivity contribution in [3.05, 3.63) is 42.9 Å². The molecule has 5 heteroatoms. The lowest BCUT2D eigenvalue weighted by Gasteiger charge is -2.00. The molecule has 0 amide bonds. The molecule has 5 nitrogen and oxygen atoms in total. The summed E-state index contributed by atoms with van der Waals surface area (Å²) in [5, 5.41) is 0. The van der Waals surface area contributed by atoms with Crippen LogP contribution in [-0.4, -0.2) is 20.7 Å². The van der Waals surface area contributed by atoms with Crippen molar-refractivity contribution in [3.8, 4) is 11.4 Å². The van der Waals surface area contributed by atoms with Gasteiger partial charge in [-0.05, 0) is 38.2 Å². The first-order chi connectivity index (χ1) is 14.8. The Balaban J connectivity index is 1.45. The SMILES string of the molecule is CCCCCCCC/C=C\CCCCCCCC(=O)c1nc(-c2ccncn2)co1. The average molecular weight is 412 g/mol. The number of aromatic nitrogens is 3. The molecule has 0 atom stereocenters. The number of Topliss-reactive ketones (excluding diaryl/α,β-unsaturated/α-hetero) is 1. The fraction of sp³-hybridized carbons (Fsp3) is 0.600. The van der Waals surface area contributed by atoms with Crippen LogP contribution in [0.25, 0.3) is 11.4 Å². The number of allylic oxidation sites excluding steroid dienone is 2. The van der Waals surface area contributed by atoms with E-state index in [9.17, 15) is 4.79 Å². The molecule has 0 spiro atoms. The topological polar surface area (TPSA) is 68.9 Å². The summed E-state index contributed by atoms with van der Waals surface area (Å²) in [5.41, 5.74) is 1.24. The number of carbonyl (C=O) groups is 1. The van der Waals surface area contributed by atoms with Crippen molar-refractivity contribution in [1.29, 1.82) is 0 Å². The Hall–Kier alpha value is -2.30. The number of rotatable bonds is 17. The van der Waals surface area contributed by atoms with Crippen molar-refractivity contribution in [2.24, 2.45) is 0 Å². The van der Waals surface area contributed by atoms with E-state index in [1.54, 1.807) is 12.3 Å². The highest BCUT2D eigenvalue weighted by atomic mass is 16.3. The molecule has 0 N–H and O–H groups in total. The monoisotopic (exact) mass is 411 g/mol. The van der Waals surface area contributed by atoms with Gasteiger partial charge in [-0.2, -0.15) is 0 Å². The molecular weight excluding hydrogens is 374 g/mol. The predicted molar refractivity (Wildman–Crippen MR) is 121 cm³/mol. The Kier molecular flexibility index (Phi) is 12.4. The zero-order valence-corrected chi connectivity index (χ0v) is 18.5. The summed E-state index contributed by atoms with van der Waals surface area (Å²) in [4.78, 5) is 24.5. The number of carbonyl (C=O) groups excluding carboxylic acids is 1. The summed E-state index contributed by atoms with van der Waals surface area (Å²) in [6, 6.07) is 1.75. The van der Waals surface area contributed by atoms with Crippen molar-refractivity contribution < 1.29 is 9.21 Å². The standard InChI is InChI=1S/C25H37N3O2/c1-2-3-4-5-6-7-8-9-10-11-12-13-14-15-16-17-24(29)25-28-23(20-30-25)22-18-19-26-21-27-22/h9-10,18-21H,2-8,11-17H2,1H3/b10-9-. The van der Waals surface area contributed by atoms with Gasteiger partial charge < -0.3 is 4.42 Å². The van der Waals surface area contributed by atoms with Gasteiger partial charge in [0.05, 0.1) is 5.69 Å². The van der Waals surface area contributed by atoms with Crippen molar-refractivity contribution in [3.63, 3.8) is 0 Å². The Morgan fingerprint density at radius 3 is 2.23 bits per heavy atom. The van der Waals surface area contributed by atoms with Gasteiger partial charge in [0.25, 0.3) is 5.89 Å². The molecule has 0 aliphatic rings. The van der Waals surface area contributed by atoms with E-state index in [2.05, 4.69) is 34.0 Å². The van der Waals surface area contributed by atoms with E-state index in [4.69, 9.17) is 4.42 Å². The molecule has 2 aromatic heterocycles. The highest BCUT2D eigenvalue weighted by Crippen LogP contribution is 2.17. The number of unbranched alkanes of at least 4 members (excludes halogenated alkanes) is 11. The molecule has 0 aliphatic heterocycles. The third-order valence-electron chi connectivity index (χ3n) is 5.25. The van der Waals surface area contributed by atoms with Crippen LogP contribution in [0.5, 0.6) is 0 Å². The summed E-state index contributed by atoms with van der Waals surface area (Å²) < 4.78 is 5.33. The summed E-state index contributed by atoms with van der Waals surface area (Å²) in [6.07, 6.45) is 26.0. The zero-order valence-electron chi connectivity index (χ0n) is 18.5. The molecule has 164 valence electrons. The second-order valence-electron chi connectivity index (χ2n) is 7.89. The maximum atomic E-state index is 12.2. The largest absolute Gasteiger partial charge is 0.442 e. The summed E-state index contributed by atoms with van der Waals surface area (Å²) in [5.74, 6) is 0.145. The maximum absolute atomic E-state index is 12.2. The predicted octanol–water partition coefficient (Wildman–Crippen LogP) is 7.35. The molecule has 0 aromatic carbocycles. The Labute approximate surface area is 181 Å². The van der Waals surface area contributed by atoms with Gasteiger partial charge in [0.15, 0.2) is 0 Å². The minimum Gasteiger partial charge on any atom is -0.442 e. The fourth-order valence-electron chi connectivity index (χ4n) is 3.42. The number of oxazole rings is 1. The van der Waals surface area contributed by atoms with Gasteiger partial charge in [-0.3, -0.25) is 4.79 Å². The van der Waals surface area contributed by atoms with E-state index < -0.39 is 0 Å². The molecule has 0 bridgehead atoms. The van der Waals surface area contributed by atoms with Gasteiger partial charge >= 0.3 is 0 Å². The molecule has 0 aliphatic carbocycles. The number of nitrogens with zero attached hydrogens (tertiary/aromatic N) is 3. The van der Waals surface area contributed by atoms with Crippen LogP contribution >= 0.6 is 0 Å². The normalized spacial score (nSPS) is 11.4. The van der Waals surface area contributed by atoms with Crippen LogP contribution in [0, 0.1) is 0 Å². The second-order valence-corrected chi connectivity index (χ2v) is 7.89. The third-order valence-corrected chi connectivity index (χ3v) is 5.25. The minimum absolute atomic E-state index is 0.0343. The quantitative estimate of drug-likeness (QED) is 0.155. The van der Waals surface area contributed by atoms with E-state index in [0.717, 1.165) is 12.8 Å². The van der Waals surface area contributed by atoms with Crippen LogP contribution in [0.2, 0.25) is 0 Å². The van der Waals surface area contributed by atoms with Gasteiger partial charge in [-0.1, -0.05) is 70.4 Å². The zero-order chi connectivity index (χ0) is 21.3. The van der Waals surface area contributed by atoms with Crippen LogP contribution < -0.4 is 0 Å². The second kappa shape index (κ2) is 15.5. The number of hydrogen-bond acceptors (Lipinski definition) is 5. The molecule has 0 fully saturated rings. The molecule has 0 saturated carbocycles. The molecule has 2 rings (SSSR count). The Bertz CT molecular complexity index is 725. The van der Waals surface area contributed by atoms with Crippen LogP contribution in [0.4, 0.5) is 0 Å². The first kappa shape index (κ1) is 24.0. The summed E-state index contributed by atoms with van der Waals surface area (Å²) in [6.45, 7) is 2.26. The van der Waals surface area contributed by atoms with Gasteiger partial charge in [0.1, 0.15) is 18.3 Å². The van der Waals surface area contributed by atoms with E-state index >= 15 is 0 Å². The van der Waals surface area contributed by atoms with Gasteiger partial charge in [-0.25, -0.2) is 15.0 Å². The van der Waals surface area contributed by atoms with Crippen molar-refractivity contribution in [1.82, 2.24) is 15.0 Å². The van der Waals surface area contributed by atoms with E-state index in [1.807, 2.05) is 0 Å². The molecule has 0 radical (unpaired) electrons. The van der Waals surface area contributed by atoms with Gasteiger partial charge in [0, 0.05) is 12.6 Å². The Morgan fingerprint density at radius 2 is 1.57 bits per heavy atom. The van der Waals surface area contributed by atoms with Crippen LogP contribution in [0.15, 0.2) is 41.4 Å². The van der Waals surface area contributed by atoms with Crippen LogP contribution in [-0.2, 0) is 0 Å². The lowest BCUT2D eigenvalue weighted by atomic mass is 10.1. The van der Waals surface area contributed by atoms with Gasteiger partial charge in [-0.15, -0.1) is 0 Å². The van der Waals surface area contributed by atoms with Crippen molar-refractivity contribution >= 4 is 5.78 Å². The minimum atomic E-state index is -0.0343. The number of ketones is 1. The highest BCUT2D eigenvalue weighted by molar-refractivity contribution is 5.92. The van der Waals surface area contributed by atoms with Crippen LogP contribution in [0.3, 0.4) is 0 Å². The molecule has 0 saturated heterocycles. The summed E-state index contributed by atoms with van der Waals surface area (Å²) in [7, 11) is 0. The maximum Gasteiger partial charge on any atom is 0.263 e. The molecule has 2 heterocycles. The van der Waals surface area contributed by atoms with E-state index in [1.165, 1.54) is 83.2 Å². The van der Waals surface area contributed by atoms with Crippen molar-refractivity contribution in [2.45, 2.75) is 96.8 Å². The van der Waals surface area contributed by atoms with Crippen molar-refractivity contribution in [2.75, 3.05) is 0 Å². The molecule has 2 aromatic rings. The summed E-state index contributed by atoms with van der Waals surface area (Å²) >= 11 is 0. The highest BCUT2D eigenvalue weighted by Gasteiger charge is 2.14. The molecule has 0 unspecified atom stereocenters. The lowest BCUT2D eigenvalue weighted by Crippen LogP contribution is -1.99. The first-order valence-electron chi connectivity index (χ1n) is 11.7. The first-order valence-corrected chi connectivity index (χ1v) is 11.7. The van der Waals surface area contributed by atoms with Crippen LogP contribution in [0.1, 0.15) is 108 Å².